The molecule has 2 atom stereocenters. The van der Waals surface area contributed by atoms with Crippen LogP contribution in [0.3, 0.4) is 0 Å². The van der Waals surface area contributed by atoms with Crippen LogP contribution >= 0.6 is 0 Å². The number of carbonyl (C=O) groups excluding carboxylic acids is 2. The highest BCUT2D eigenvalue weighted by Crippen LogP contribution is 2.30. The number of Topliss-reactive ketones (excluding diaryl/α,β-unsaturated/α-hetero) is 2. The van der Waals surface area contributed by atoms with Gasteiger partial charge in [0.05, 0.1) is 19.6 Å². The summed E-state index contributed by atoms with van der Waals surface area (Å²) in [7, 11) is 1.92. The van der Waals surface area contributed by atoms with E-state index in [-0.39, 0.29) is 24.3 Å². The summed E-state index contributed by atoms with van der Waals surface area (Å²) in [6.07, 6.45) is 6.06. The predicted molar refractivity (Wildman–Crippen MR) is 161 cm³/mol. The maximum atomic E-state index is 12.6. The van der Waals surface area contributed by atoms with Gasteiger partial charge in [-0.15, -0.1) is 0 Å². The normalized spacial score (nSPS) is 15.1. The van der Waals surface area contributed by atoms with Crippen LogP contribution in [0.5, 0.6) is 0 Å². The number of benzene rings is 1. The molecule has 8 nitrogen and oxygen atoms in total. The Balaban J connectivity index is 2.25. The molecule has 1 aliphatic carbocycles. The molecular weight excluding hydrogens is 490 g/mol. The van der Waals surface area contributed by atoms with E-state index in [1.165, 1.54) is 5.56 Å². The Morgan fingerprint density at radius 3 is 2.28 bits per heavy atom. The summed E-state index contributed by atoms with van der Waals surface area (Å²) >= 11 is 0. The van der Waals surface area contributed by atoms with E-state index in [4.69, 9.17) is 0 Å². The molecule has 0 spiro atoms. The lowest BCUT2D eigenvalue weighted by molar-refractivity contribution is -0.122. The number of nitrogens with one attached hydrogen (secondary N) is 1. The van der Waals surface area contributed by atoms with Crippen LogP contribution < -0.4 is 5.32 Å². The minimum Gasteiger partial charge on any atom is -0.388 e. The highest BCUT2D eigenvalue weighted by Gasteiger charge is 2.31. The molecule has 0 radical (unpaired) electrons. The van der Waals surface area contributed by atoms with Gasteiger partial charge in [0.25, 0.3) is 0 Å². The summed E-state index contributed by atoms with van der Waals surface area (Å²) in [5, 5.41) is 6.33. The molecule has 0 bridgehead atoms. The second-order valence-corrected chi connectivity index (χ2v) is 11.4. The third-order valence-corrected chi connectivity index (χ3v) is 7.92. The van der Waals surface area contributed by atoms with Crippen molar-refractivity contribution in [3.05, 3.63) is 34.7 Å². The monoisotopic (exact) mass is 543 g/mol. The van der Waals surface area contributed by atoms with E-state index in [2.05, 4.69) is 70.2 Å². The van der Waals surface area contributed by atoms with Gasteiger partial charge in [-0.2, -0.15) is 4.91 Å². The highest BCUT2D eigenvalue weighted by atomic mass is 16.3. The van der Waals surface area contributed by atoms with Crippen molar-refractivity contribution >= 4 is 17.3 Å². The first kappa shape index (κ1) is 33.0. The van der Waals surface area contributed by atoms with Gasteiger partial charge in [0.2, 0.25) is 0 Å². The van der Waals surface area contributed by atoms with Gasteiger partial charge in [0.1, 0.15) is 11.6 Å². The Morgan fingerprint density at radius 2 is 1.72 bits per heavy atom. The molecule has 8 heteroatoms. The zero-order valence-corrected chi connectivity index (χ0v) is 25.2. The first-order valence-electron chi connectivity index (χ1n) is 15.1. The molecule has 1 aliphatic rings. The summed E-state index contributed by atoms with van der Waals surface area (Å²) in [6, 6.07) is 8.58. The zero-order valence-electron chi connectivity index (χ0n) is 25.2. The minimum absolute atomic E-state index is 0.0977. The van der Waals surface area contributed by atoms with Crippen molar-refractivity contribution in [1.29, 1.82) is 0 Å². The van der Waals surface area contributed by atoms with Crippen LogP contribution in [-0.4, -0.2) is 98.3 Å². The largest absolute Gasteiger partial charge is 0.388 e. The Kier molecular flexibility index (Phi) is 15.5. The van der Waals surface area contributed by atoms with Gasteiger partial charge >= 0.3 is 0 Å². The molecule has 1 aromatic rings. The van der Waals surface area contributed by atoms with Gasteiger partial charge < -0.3 is 5.32 Å². The number of carbonyl (C=O) groups is 2. The summed E-state index contributed by atoms with van der Waals surface area (Å²) in [5.74, 6) is 1.38. The van der Waals surface area contributed by atoms with Crippen molar-refractivity contribution in [2.24, 2.45) is 17.0 Å². The van der Waals surface area contributed by atoms with Crippen LogP contribution in [0.1, 0.15) is 65.4 Å². The van der Waals surface area contributed by atoms with Gasteiger partial charge in [-0.1, -0.05) is 44.5 Å². The molecule has 0 aliphatic heterocycles. The van der Waals surface area contributed by atoms with E-state index in [0.717, 1.165) is 76.9 Å². The summed E-state index contributed by atoms with van der Waals surface area (Å²) in [6.45, 7) is 14.1. The van der Waals surface area contributed by atoms with Crippen molar-refractivity contribution in [3.8, 4) is 0 Å². The van der Waals surface area contributed by atoms with Gasteiger partial charge in [0.15, 0.2) is 0 Å². The quantitative estimate of drug-likeness (QED) is 0.200. The number of rotatable bonds is 23. The lowest BCUT2D eigenvalue weighted by Gasteiger charge is -2.36. The molecule has 2 rings (SSSR count). The first-order valence-corrected chi connectivity index (χ1v) is 15.1. The number of hydrogen-bond acceptors (Lipinski definition) is 8. The third-order valence-electron chi connectivity index (χ3n) is 7.92. The molecule has 1 saturated carbocycles. The fourth-order valence-corrected chi connectivity index (χ4v) is 5.06. The number of nitrogens with zero attached hydrogens (tertiary/aromatic N) is 4. The Hall–Kier alpha value is -2.16. The van der Waals surface area contributed by atoms with Gasteiger partial charge in [-0.05, 0) is 75.7 Å². The van der Waals surface area contributed by atoms with Crippen molar-refractivity contribution in [2.75, 3.05) is 71.3 Å². The van der Waals surface area contributed by atoms with Crippen LogP contribution in [0.4, 0.5) is 5.69 Å². The molecule has 220 valence electrons. The van der Waals surface area contributed by atoms with Crippen LogP contribution in [0, 0.1) is 16.7 Å². The summed E-state index contributed by atoms with van der Waals surface area (Å²) in [5.41, 5.74) is 2.29. The van der Waals surface area contributed by atoms with Crippen LogP contribution in [-0.2, 0) is 16.0 Å². The Labute approximate surface area is 236 Å². The molecule has 0 heterocycles. The maximum absolute atomic E-state index is 12.6. The molecule has 0 saturated heterocycles. The molecule has 0 aromatic heterocycles. The van der Waals surface area contributed by atoms with Gasteiger partial charge in [-0.3, -0.25) is 24.3 Å². The van der Waals surface area contributed by atoms with E-state index in [0.29, 0.717) is 31.3 Å². The van der Waals surface area contributed by atoms with Crippen molar-refractivity contribution in [1.82, 2.24) is 14.7 Å². The number of nitroso groups, excluding NO2 is 1. The zero-order chi connectivity index (χ0) is 28.6. The standard InChI is InChI=1S/C31H53N5O3/c1-6-16-34(24-31(38)28-10-11-28)19-20-36(22-26(4)37)30(21-27-8-12-29(32-5)13-9-27)23-35(18-15-33-39)17-14-25(3)7-2/h8-9,12-13,25,28,30,32H,6-7,10-11,14-24H2,1-5H3. The average molecular weight is 544 g/mol. The molecule has 1 aromatic carbocycles. The second kappa shape index (κ2) is 18.2. The second-order valence-electron chi connectivity index (χ2n) is 11.4. The fourth-order valence-electron chi connectivity index (χ4n) is 5.06. The Morgan fingerprint density at radius 1 is 1.00 bits per heavy atom. The fraction of sp³-hybridized carbons (Fsp3) is 0.742. The predicted octanol–water partition coefficient (Wildman–Crippen LogP) is 4.73. The lowest BCUT2D eigenvalue weighted by Crippen LogP contribution is -2.50. The highest BCUT2D eigenvalue weighted by molar-refractivity contribution is 5.85. The molecule has 1 fully saturated rings. The van der Waals surface area contributed by atoms with Gasteiger partial charge in [0, 0.05) is 50.9 Å². The SMILES string of the molecule is CCCN(CCN(CC(C)=O)C(Cc1ccc(NC)cc1)CN(CCN=O)CCC(C)CC)CC(=O)C1CC1. The summed E-state index contributed by atoms with van der Waals surface area (Å²) in [4.78, 5) is 43.0. The van der Waals surface area contributed by atoms with Crippen LogP contribution in [0.25, 0.3) is 0 Å². The molecular formula is C31H53N5O3. The van der Waals surface area contributed by atoms with Crippen molar-refractivity contribution < 1.29 is 9.59 Å². The maximum Gasteiger partial charge on any atom is 0.149 e. The number of anilines is 1. The molecule has 1 N–H and O–H groups in total. The summed E-state index contributed by atoms with van der Waals surface area (Å²) < 4.78 is 0. The van der Waals surface area contributed by atoms with E-state index in [9.17, 15) is 14.5 Å². The van der Waals surface area contributed by atoms with E-state index in [1.54, 1.807) is 6.92 Å². The van der Waals surface area contributed by atoms with Crippen LogP contribution in [0.2, 0.25) is 0 Å². The smallest absolute Gasteiger partial charge is 0.149 e. The number of ketones is 2. The average Bonchev–Trinajstić information content (AvgIpc) is 3.78. The van der Waals surface area contributed by atoms with Crippen molar-refractivity contribution in [2.45, 2.75) is 72.3 Å². The van der Waals surface area contributed by atoms with Gasteiger partial charge in [-0.25, -0.2) is 0 Å². The minimum atomic E-state index is 0.0977. The van der Waals surface area contributed by atoms with E-state index >= 15 is 0 Å². The van der Waals surface area contributed by atoms with E-state index < -0.39 is 0 Å². The first-order chi connectivity index (χ1) is 18.8. The number of hydrogen-bond donors (Lipinski definition) is 1. The molecule has 2 unspecified atom stereocenters. The third kappa shape index (κ3) is 13.2. The molecule has 0 amide bonds. The Bertz CT molecular complexity index is 858. The van der Waals surface area contributed by atoms with Crippen molar-refractivity contribution in [3.63, 3.8) is 0 Å². The van der Waals surface area contributed by atoms with Crippen LogP contribution in [0.15, 0.2) is 29.4 Å². The lowest BCUT2D eigenvalue weighted by atomic mass is 10.0. The molecule has 39 heavy (non-hydrogen) atoms. The topological polar surface area (TPSA) is 85.3 Å². The van der Waals surface area contributed by atoms with E-state index in [1.807, 2.05) is 7.05 Å².